The van der Waals surface area contributed by atoms with Crippen molar-refractivity contribution in [2.75, 3.05) is 11.9 Å². The third-order valence-electron chi connectivity index (χ3n) is 9.09. The molecule has 44 heavy (non-hydrogen) atoms. The summed E-state index contributed by atoms with van der Waals surface area (Å²) in [5.41, 5.74) is 6.87. The molecule has 0 aliphatic carbocycles. The van der Waals surface area contributed by atoms with Crippen molar-refractivity contribution in [1.29, 1.82) is 0 Å². The van der Waals surface area contributed by atoms with E-state index >= 15 is 0 Å². The van der Waals surface area contributed by atoms with Gasteiger partial charge in [-0.05, 0) is 48.4 Å². The minimum atomic E-state index is -2.44. The normalized spacial score (nSPS) is 21.4. The van der Waals surface area contributed by atoms with Crippen LogP contribution in [0, 0.1) is 0 Å². The molecule has 4 atom stereocenters. The van der Waals surface area contributed by atoms with Crippen molar-refractivity contribution in [3.8, 4) is 0 Å². The maximum absolute atomic E-state index is 12.9. The Morgan fingerprint density at radius 3 is 2.18 bits per heavy atom. The maximum Gasteiger partial charge on any atom is 0.404 e. The molecule has 1 aliphatic heterocycles. The maximum atomic E-state index is 12.9. The molecule has 1 fully saturated rings. The van der Waals surface area contributed by atoms with Gasteiger partial charge in [-0.15, -0.1) is 0 Å². The highest BCUT2D eigenvalue weighted by atomic mass is 28.4. The van der Waals surface area contributed by atoms with E-state index in [1.165, 1.54) is 6.33 Å². The van der Waals surface area contributed by atoms with Crippen LogP contribution < -0.4 is 11.1 Å². The Morgan fingerprint density at radius 2 is 1.59 bits per heavy atom. The van der Waals surface area contributed by atoms with Crippen LogP contribution in [-0.2, 0) is 18.3 Å². The first-order chi connectivity index (χ1) is 20.3. The monoisotopic (exact) mass is 642 g/mol. The Labute approximate surface area is 261 Å². The zero-order valence-electron chi connectivity index (χ0n) is 27.4. The van der Waals surface area contributed by atoms with Gasteiger partial charge in [0.05, 0.1) is 12.9 Å². The Kier molecular flexibility index (Phi) is 9.43. The number of hydrogen-bond donors (Lipinski definition) is 2. The van der Waals surface area contributed by atoms with Gasteiger partial charge < -0.3 is 29.4 Å². The van der Waals surface area contributed by atoms with Crippen LogP contribution in [0.1, 0.15) is 58.1 Å². The Morgan fingerprint density at radius 1 is 0.955 bits per heavy atom. The summed E-state index contributed by atoms with van der Waals surface area (Å²) in [5.74, 6) is -0.0700. The number of anilines is 1. The first kappa shape index (κ1) is 33.7. The summed E-state index contributed by atoms with van der Waals surface area (Å²) in [4.78, 5) is 38.5. The summed E-state index contributed by atoms with van der Waals surface area (Å²) in [5, 5.41) is 2.64. The number of rotatable bonds is 9. The van der Waals surface area contributed by atoms with Crippen molar-refractivity contribution in [2.45, 2.75) is 102 Å². The highest BCUT2D eigenvalue weighted by Crippen LogP contribution is 2.44. The van der Waals surface area contributed by atoms with Gasteiger partial charge in [-0.2, -0.15) is 0 Å². The smallest absolute Gasteiger partial charge is 0.404 e. The van der Waals surface area contributed by atoms with Gasteiger partial charge in [-0.3, -0.25) is 9.36 Å². The molecule has 3 heterocycles. The lowest BCUT2D eigenvalue weighted by Gasteiger charge is -2.40. The molecule has 2 aromatic heterocycles. The van der Waals surface area contributed by atoms with Crippen LogP contribution >= 0.6 is 0 Å². The SMILES string of the molecule is CC(C)(C)[Si](C)(C)OC[C@H]1O[C@@H](n2cnc3c(NC(=O)c4ccccc4)ncnc32)[C@H](O[Si](C)(C)C(C)(C)C)[C@@H]1OC(N)=O. The zero-order chi connectivity index (χ0) is 32.7. The predicted octanol–water partition coefficient (Wildman–Crippen LogP) is 5.85. The molecule has 240 valence electrons. The van der Waals surface area contributed by atoms with Gasteiger partial charge in [0.25, 0.3) is 5.91 Å². The fourth-order valence-corrected chi connectivity index (χ4v) is 6.69. The lowest BCUT2D eigenvalue weighted by Crippen LogP contribution is -2.51. The number of nitrogens with two attached hydrogens (primary N) is 1. The molecule has 0 bridgehead atoms. The average Bonchev–Trinajstić information content (AvgIpc) is 3.48. The van der Waals surface area contributed by atoms with Gasteiger partial charge in [-0.1, -0.05) is 59.7 Å². The molecule has 2 amide bonds. The van der Waals surface area contributed by atoms with Crippen molar-refractivity contribution >= 4 is 45.6 Å². The second-order valence-electron chi connectivity index (χ2n) is 14.2. The van der Waals surface area contributed by atoms with E-state index in [0.717, 1.165) is 0 Å². The third-order valence-corrected chi connectivity index (χ3v) is 18.1. The van der Waals surface area contributed by atoms with Crippen LogP contribution in [0.4, 0.5) is 10.6 Å². The Balaban J connectivity index is 1.75. The van der Waals surface area contributed by atoms with Crippen molar-refractivity contribution in [1.82, 2.24) is 19.5 Å². The molecular formula is C30H46N6O6Si2. The molecule has 0 radical (unpaired) electrons. The molecule has 1 aliphatic rings. The molecule has 12 nitrogen and oxygen atoms in total. The lowest BCUT2D eigenvalue weighted by molar-refractivity contribution is -0.0481. The molecule has 0 saturated carbocycles. The van der Waals surface area contributed by atoms with Gasteiger partial charge in [0.15, 0.2) is 45.9 Å². The van der Waals surface area contributed by atoms with Crippen LogP contribution in [0.5, 0.6) is 0 Å². The fraction of sp³-hybridized carbons (Fsp3) is 0.567. The summed E-state index contributed by atoms with van der Waals surface area (Å²) in [6.07, 6.45) is -1.06. The number of nitrogens with zero attached hydrogens (tertiary/aromatic N) is 4. The number of amides is 2. The second-order valence-corrected chi connectivity index (χ2v) is 23.8. The first-order valence-corrected chi connectivity index (χ1v) is 20.6. The van der Waals surface area contributed by atoms with Crippen LogP contribution in [0.15, 0.2) is 43.0 Å². The zero-order valence-corrected chi connectivity index (χ0v) is 29.4. The number of carbonyl (C=O) groups excluding carboxylic acids is 2. The Bertz CT molecular complexity index is 1480. The van der Waals surface area contributed by atoms with Gasteiger partial charge in [0, 0.05) is 5.56 Å². The number of fused-ring (bicyclic) bond motifs is 1. The van der Waals surface area contributed by atoms with Crippen LogP contribution in [-0.4, -0.2) is 73.1 Å². The average molecular weight is 643 g/mol. The quantitative estimate of drug-likeness (QED) is 0.274. The number of primary amides is 1. The molecular weight excluding hydrogens is 597 g/mol. The third kappa shape index (κ3) is 7.04. The standard InChI is InChI=1S/C30H46N6O6Si2/c1-29(2,3)43(7,8)39-16-20-22(41-28(31)38)23(42-44(9,10)30(4,5)6)27(40-20)36-18-34-21-24(32-17-33-25(21)36)35-26(37)19-14-12-11-13-15-19/h11-15,17-18,20,22-23,27H,16H2,1-10H3,(H2,31,38)(H,32,33,35,37)/t20-,22-,23-,27-/m1/s1. The molecule has 1 saturated heterocycles. The summed E-state index contributed by atoms with van der Waals surface area (Å²) in [6.45, 7) is 21.6. The van der Waals surface area contributed by atoms with E-state index in [1.54, 1.807) is 35.2 Å². The lowest BCUT2D eigenvalue weighted by atomic mass is 10.1. The van der Waals surface area contributed by atoms with Gasteiger partial charge in [0.2, 0.25) is 0 Å². The summed E-state index contributed by atoms with van der Waals surface area (Å²) < 4.78 is 27.6. The fourth-order valence-electron chi connectivity index (χ4n) is 4.39. The number of carbonyl (C=O) groups is 2. The molecule has 3 N–H and O–H groups in total. The van der Waals surface area contributed by atoms with E-state index in [1.807, 2.05) is 6.07 Å². The van der Waals surface area contributed by atoms with Gasteiger partial charge >= 0.3 is 6.09 Å². The highest BCUT2D eigenvalue weighted by Gasteiger charge is 2.54. The number of hydrogen-bond acceptors (Lipinski definition) is 9. The van der Waals surface area contributed by atoms with E-state index in [0.29, 0.717) is 16.7 Å². The molecule has 1 aromatic carbocycles. The number of imidazole rings is 1. The molecule has 4 rings (SSSR count). The number of nitrogens with one attached hydrogen (secondary N) is 1. The van der Waals surface area contributed by atoms with Crippen molar-refractivity contribution in [2.24, 2.45) is 5.73 Å². The van der Waals surface area contributed by atoms with Crippen LogP contribution in [0.2, 0.25) is 36.3 Å². The minimum Gasteiger partial charge on any atom is -0.441 e. The number of aromatic nitrogens is 4. The van der Waals surface area contributed by atoms with E-state index in [9.17, 15) is 9.59 Å². The van der Waals surface area contributed by atoms with Crippen LogP contribution in [0.25, 0.3) is 11.2 Å². The number of benzene rings is 1. The molecule has 0 unspecified atom stereocenters. The summed E-state index contributed by atoms with van der Waals surface area (Å²) >= 11 is 0. The molecule has 14 heteroatoms. The van der Waals surface area contributed by atoms with Crippen LogP contribution in [0.3, 0.4) is 0 Å². The second kappa shape index (κ2) is 12.3. The van der Waals surface area contributed by atoms with E-state index in [2.05, 4.69) is 88.0 Å². The largest absolute Gasteiger partial charge is 0.441 e. The summed E-state index contributed by atoms with van der Waals surface area (Å²) in [6, 6.07) is 8.84. The molecule has 0 spiro atoms. The van der Waals surface area contributed by atoms with Crippen molar-refractivity contribution < 1.29 is 27.9 Å². The molecule has 3 aromatic rings. The Hall–Kier alpha value is -3.18. The predicted molar refractivity (Wildman–Crippen MR) is 173 cm³/mol. The van der Waals surface area contributed by atoms with Crippen molar-refractivity contribution in [3.63, 3.8) is 0 Å². The number of ether oxygens (including phenoxy) is 2. The first-order valence-electron chi connectivity index (χ1n) is 14.8. The highest BCUT2D eigenvalue weighted by molar-refractivity contribution is 6.74. The van der Waals surface area contributed by atoms with E-state index in [-0.39, 0.29) is 28.4 Å². The van der Waals surface area contributed by atoms with Gasteiger partial charge in [-0.25, -0.2) is 19.7 Å². The minimum absolute atomic E-state index is 0.0415. The van der Waals surface area contributed by atoms with E-state index < -0.39 is 47.3 Å². The topological polar surface area (TPSA) is 153 Å². The summed E-state index contributed by atoms with van der Waals surface area (Å²) in [7, 11) is -4.63. The van der Waals surface area contributed by atoms with E-state index in [4.69, 9.17) is 24.1 Å². The van der Waals surface area contributed by atoms with Gasteiger partial charge in [0.1, 0.15) is 18.5 Å². The van der Waals surface area contributed by atoms with Crippen molar-refractivity contribution in [3.05, 3.63) is 48.5 Å².